The van der Waals surface area contributed by atoms with Crippen LogP contribution in [0, 0.1) is 5.92 Å². The Bertz CT molecular complexity index is 549. The van der Waals surface area contributed by atoms with E-state index in [1.807, 2.05) is 6.92 Å². The monoisotopic (exact) mass is 323 g/mol. The van der Waals surface area contributed by atoms with Crippen molar-refractivity contribution >= 4 is 15.5 Å². The molecular formula is C14H20F3NO2S. The second-order valence-electron chi connectivity index (χ2n) is 4.98. The number of hydrogen-bond donors (Lipinski definition) is 1. The predicted molar refractivity (Wildman–Crippen MR) is 76.8 cm³/mol. The first-order valence-electron chi connectivity index (χ1n) is 6.81. The molecule has 0 saturated carbocycles. The number of rotatable bonds is 6. The smallest absolute Gasteiger partial charge is 0.382 e. The standard InChI is InChI=1S/C14H20F3NO2S/c1-4-11(5-2)10(3)18-12-6-8-13(9-7-12)21(19,20)14(15,16)17/h6-11,18H,4-5H2,1-3H3. The number of benzene rings is 1. The minimum Gasteiger partial charge on any atom is -0.382 e. The SMILES string of the molecule is CCC(CC)C(C)Nc1ccc(S(=O)(=O)C(F)(F)F)cc1. The van der Waals surface area contributed by atoms with Crippen LogP contribution in [0.3, 0.4) is 0 Å². The van der Waals surface area contributed by atoms with E-state index in [0.29, 0.717) is 11.6 Å². The van der Waals surface area contributed by atoms with Crippen molar-refractivity contribution in [2.24, 2.45) is 5.92 Å². The summed E-state index contributed by atoms with van der Waals surface area (Å²) >= 11 is 0. The minimum absolute atomic E-state index is 0.157. The van der Waals surface area contributed by atoms with Crippen molar-refractivity contribution in [3.05, 3.63) is 24.3 Å². The van der Waals surface area contributed by atoms with Crippen LogP contribution in [-0.4, -0.2) is 20.0 Å². The van der Waals surface area contributed by atoms with Crippen LogP contribution in [0.1, 0.15) is 33.6 Å². The lowest BCUT2D eigenvalue weighted by Crippen LogP contribution is -2.25. The number of anilines is 1. The van der Waals surface area contributed by atoms with Crippen molar-refractivity contribution in [2.75, 3.05) is 5.32 Å². The molecular weight excluding hydrogens is 303 g/mol. The van der Waals surface area contributed by atoms with Crippen LogP contribution < -0.4 is 5.32 Å². The molecule has 3 nitrogen and oxygen atoms in total. The Labute approximate surface area is 123 Å². The van der Waals surface area contributed by atoms with Gasteiger partial charge in [-0.05, 0) is 37.1 Å². The van der Waals surface area contributed by atoms with E-state index in [-0.39, 0.29) is 6.04 Å². The first kappa shape index (κ1) is 17.8. The summed E-state index contributed by atoms with van der Waals surface area (Å²) < 4.78 is 59.8. The number of halogens is 3. The fraction of sp³-hybridized carbons (Fsp3) is 0.571. The van der Waals surface area contributed by atoms with E-state index >= 15 is 0 Å². The van der Waals surface area contributed by atoms with Gasteiger partial charge in [0.25, 0.3) is 9.84 Å². The van der Waals surface area contributed by atoms with Crippen molar-refractivity contribution in [3.63, 3.8) is 0 Å². The lowest BCUT2D eigenvalue weighted by molar-refractivity contribution is -0.0436. The number of nitrogens with one attached hydrogen (secondary N) is 1. The van der Waals surface area contributed by atoms with E-state index in [0.717, 1.165) is 25.0 Å². The summed E-state index contributed by atoms with van der Waals surface area (Å²) in [5, 5.41) is 3.19. The number of alkyl halides is 3. The molecule has 1 unspecified atom stereocenters. The molecule has 1 aromatic rings. The van der Waals surface area contributed by atoms with Crippen molar-refractivity contribution < 1.29 is 21.6 Å². The van der Waals surface area contributed by atoms with Crippen LogP contribution in [-0.2, 0) is 9.84 Å². The molecule has 120 valence electrons. The third kappa shape index (κ3) is 4.12. The molecule has 0 aliphatic rings. The lowest BCUT2D eigenvalue weighted by Gasteiger charge is -2.23. The van der Waals surface area contributed by atoms with Gasteiger partial charge in [-0.25, -0.2) is 8.42 Å². The predicted octanol–water partition coefficient (Wildman–Crippen LogP) is 4.22. The summed E-state index contributed by atoms with van der Waals surface area (Å²) in [5.74, 6) is 0.448. The Balaban J connectivity index is 2.89. The van der Waals surface area contributed by atoms with E-state index in [1.54, 1.807) is 0 Å². The Morgan fingerprint density at radius 1 is 1.10 bits per heavy atom. The Morgan fingerprint density at radius 3 is 1.95 bits per heavy atom. The molecule has 0 amide bonds. The molecule has 1 atom stereocenters. The molecule has 21 heavy (non-hydrogen) atoms. The van der Waals surface area contributed by atoms with Gasteiger partial charge in [-0.1, -0.05) is 26.7 Å². The molecule has 0 spiro atoms. The zero-order valence-electron chi connectivity index (χ0n) is 12.2. The van der Waals surface area contributed by atoms with Gasteiger partial charge in [-0.2, -0.15) is 13.2 Å². The molecule has 0 saturated heterocycles. The summed E-state index contributed by atoms with van der Waals surface area (Å²) in [4.78, 5) is -0.740. The van der Waals surface area contributed by atoms with Crippen LogP contribution >= 0.6 is 0 Å². The normalized spacial score (nSPS) is 14.2. The zero-order chi connectivity index (χ0) is 16.3. The largest absolute Gasteiger partial charge is 0.501 e. The number of sulfone groups is 1. The zero-order valence-corrected chi connectivity index (χ0v) is 13.1. The van der Waals surface area contributed by atoms with Crippen LogP contribution in [0.5, 0.6) is 0 Å². The van der Waals surface area contributed by atoms with Crippen LogP contribution in [0.2, 0.25) is 0 Å². The molecule has 7 heteroatoms. The van der Waals surface area contributed by atoms with Crippen LogP contribution in [0.25, 0.3) is 0 Å². The van der Waals surface area contributed by atoms with Gasteiger partial charge in [0.15, 0.2) is 0 Å². The molecule has 0 aliphatic heterocycles. The van der Waals surface area contributed by atoms with Gasteiger partial charge >= 0.3 is 5.51 Å². The highest BCUT2D eigenvalue weighted by molar-refractivity contribution is 7.92. The molecule has 0 radical (unpaired) electrons. The van der Waals surface area contributed by atoms with Gasteiger partial charge in [0.05, 0.1) is 4.90 Å². The van der Waals surface area contributed by atoms with Crippen molar-refractivity contribution in [2.45, 2.75) is 50.1 Å². The fourth-order valence-electron chi connectivity index (χ4n) is 2.24. The lowest BCUT2D eigenvalue weighted by atomic mass is 9.95. The average molecular weight is 323 g/mol. The van der Waals surface area contributed by atoms with E-state index in [9.17, 15) is 21.6 Å². The second-order valence-corrected chi connectivity index (χ2v) is 6.92. The third-order valence-electron chi connectivity index (χ3n) is 3.62. The van der Waals surface area contributed by atoms with Gasteiger partial charge in [-0.15, -0.1) is 0 Å². The molecule has 0 aliphatic carbocycles. The maximum atomic E-state index is 12.4. The van der Waals surface area contributed by atoms with Crippen molar-refractivity contribution in [1.29, 1.82) is 0 Å². The van der Waals surface area contributed by atoms with Gasteiger partial charge < -0.3 is 5.32 Å². The van der Waals surface area contributed by atoms with Gasteiger partial charge in [0.1, 0.15) is 0 Å². The highest BCUT2D eigenvalue weighted by Gasteiger charge is 2.46. The highest BCUT2D eigenvalue weighted by atomic mass is 32.2. The van der Waals surface area contributed by atoms with Crippen LogP contribution in [0.4, 0.5) is 18.9 Å². The molecule has 0 fully saturated rings. The number of hydrogen-bond acceptors (Lipinski definition) is 3. The van der Waals surface area contributed by atoms with Gasteiger partial charge in [0.2, 0.25) is 0 Å². The van der Waals surface area contributed by atoms with Gasteiger partial charge in [0, 0.05) is 11.7 Å². The molecule has 1 aromatic carbocycles. The van der Waals surface area contributed by atoms with E-state index in [1.165, 1.54) is 12.1 Å². The quantitative estimate of drug-likeness (QED) is 0.853. The average Bonchev–Trinajstić information content (AvgIpc) is 2.39. The van der Waals surface area contributed by atoms with Crippen molar-refractivity contribution in [3.8, 4) is 0 Å². The molecule has 0 aromatic heterocycles. The highest BCUT2D eigenvalue weighted by Crippen LogP contribution is 2.30. The van der Waals surface area contributed by atoms with Gasteiger partial charge in [-0.3, -0.25) is 0 Å². The van der Waals surface area contributed by atoms with E-state index < -0.39 is 20.2 Å². The Kier molecular flexibility index (Phi) is 5.67. The molecule has 0 heterocycles. The van der Waals surface area contributed by atoms with E-state index in [2.05, 4.69) is 19.2 Å². The summed E-state index contributed by atoms with van der Waals surface area (Å²) in [7, 11) is -5.28. The van der Waals surface area contributed by atoms with E-state index in [4.69, 9.17) is 0 Å². The summed E-state index contributed by atoms with van der Waals surface area (Å²) in [6, 6.07) is 4.83. The van der Waals surface area contributed by atoms with Crippen molar-refractivity contribution in [1.82, 2.24) is 0 Å². The topological polar surface area (TPSA) is 46.2 Å². The summed E-state index contributed by atoms with van der Waals surface area (Å²) in [6.07, 6.45) is 1.98. The summed E-state index contributed by atoms with van der Waals surface area (Å²) in [5.41, 5.74) is -4.67. The molecule has 1 N–H and O–H groups in total. The first-order chi connectivity index (χ1) is 9.63. The maximum Gasteiger partial charge on any atom is 0.501 e. The molecule has 0 bridgehead atoms. The minimum atomic E-state index is -5.28. The second kappa shape index (κ2) is 6.68. The Morgan fingerprint density at radius 2 is 1.57 bits per heavy atom. The third-order valence-corrected chi connectivity index (χ3v) is 5.12. The Hall–Kier alpha value is -1.24. The fourth-order valence-corrected chi connectivity index (χ4v) is 3.00. The maximum absolute atomic E-state index is 12.4. The van der Waals surface area contributed by atoms with Crippen LogP contribution in [0.15, 0.2) is 29.2 Å². The molecule has 1 rings (SSSR count). The summed E-state index contributed by atoms with van der Waals surface area (Å²) in [6.45, 7) is 6.15. The first-order valence-corrected chi connectivity index (χ1v) is 8.29.